The average Bonchev–Trinajstić information content (AvgIpc) is 3.16. The van der Waals surface area contributed by atoms with Crippen molar-refractivity contribution in [3.05, 3.63) is 81.0 Å². The van der Waals surface area contributed by atoms with Crippen LogP contribution in [0.15, 0.2) is 56.1 Å². The van der Waals surface area contributed by atoms with Gasteiger partial charge in [0.15, 0.2) is 11.3 Å². The third-order valence-corrected chi connectivity index (χ3v) is 4.80. The van der Waals surface area contributed by atoms with Gasteiger partial charge in [0.05, 0.1) is 13.5 Å². The van der Waals surface area contributed by atoms with E-state index in [-0.39, 0.29) is 17.2 Å². The topological polar surface area (TPSA) is 107 Å². The van der Waals surface area contributed by atoms with Crippen LogP contribution >= 0.6 is 0 Å². The number of fused-ring (bicyclic) bond motifs is 1. The number of benzene rings is 2. The zero-order chi connectivity index (χ0) is 21.3. The molecule has 0 aliphatic rings. The highest BCUT2D eigenvalue weighted by atomic mass is 16.5. The normalized spacial score (nSPS) is 10.9. The van der Waals surface area contributed by atoms with Gasteiger partial charge in [0.25, 0.3) is 5.91 Å². The number of hydrogen-bond donors (Lipinski definition) is 1. The van der Waals surface area contributed by atoms with Gasteiger partial charge in [0, 0.05) is 5.39 Å². The fourth-order valence-electron chi connectivity index (χ4n) is 3.06. The molecule has 30 heavy (non-hydrogen) atoms. The van der Waals surface area contributed by atoms with Crippen molar-refractivity contribution in [2.75, 3.05) is 12.4 Å². The Bertz CT molecular complexity index is 1310. The van der Waals surface area contributed by atoms with Crippen molar-refractivity contribution in [2.24, 2.45) is 0 Å². The minimum Gasteiger partial charge on any atom is -0.493 e. The van der Waals surface area contributed by atoms with Crippen LogP contribution in [0.4, 0.5) is 6.01 Å². The molecular formula is C22H19N3O5. The maximum Gasteiger partial charge on any atom is 0.349 e. The molecule has 0 saturated carbocycles. The van der Waals surface area contributed by atoms with Gasteiger partial charge in [0.2, 0.25) is 5.89 Å². The van der Waals surface area contributed by atoms with E-state index < -0.39 is 11.5 Å². The van der Waals surface area contributed by atoms with Crippen molar-refractivity contribution in [2.45, 2.75) is 20.3 Å². The largest absolute Gasteiger partial charge is 0.493 e. The van der Waals surface area contributed by atoms with E-state index in [2.05, 4.69) is 15.5 Å². The number of methoxy groups -OCH3 is 1. The molecule has 0 fully saturated rings. The molecule has 4 aromatic rings. The van der Waals surface area contributed by atoms with E-state index in [1.54, 1.807) is 18.2 Å². The van der Waals surface area contributed by atoms with Crippen LogP contribution < -0.4 is 15.7 Å². The summed E-state index contributed by atoms with van der Waals surface area (Å²) in [6, 6.07) is 12.5. The quantitative estimate of drug-likeness (QED) is 0.505. The fourth-order valence-corrected chi connectivity index (χ4v) is 3.06. The summed E-state index contributed by atoms with van der Waals surface area (Å²) in [7, 11) is 1.47. The highest BCUT2D eigenvalue weighted by Crippen LogP contribution is 2.24. The van der Waals surface area contributed by atoms with Crippen LogP contribution in [0, 0.1) is 13.8 Å². The van der Waals surface area contributed by atoms with Gasteiger partial charge in [-0.2, -0.15) is 0 Å². The molecule has 0 saturated heterocycles. The van der Waals surface area contributed by atoms with Gasteiger partial charge in [-0.15, -0.1) is 5.10 Å². The molecule has 0 bridgehead atoms. The summed E-state index contributed by atoms with van der Waals surface area (Å²) < 4.78 is 16.0. The molecule has 152 valence electrons. The van der Waals surface area contributed by atoms with Crippen LogP contribution in [0.2, 0.25) is 0 Å². The first-order valence-electron chi connectivity index (χ1n) is 9.25. The predicted octanol–water partition coefficient (Wildman–Crippen LogP) is 3.64. The van der Waals surface area contributed by atoms with Crippen molar-refractivity contribution in [1.29, 1.82) is 0 Å². The number of para-hydroxylation sites is 1. The van der Waals surface area contributed by atoms with Gasteiger partial charge < -0.3 is 13.6 Å². The molecule has 0 atom stereocenters. The standard InChI is InChI=1S/C22H19N3O5/c1-12-7-8-14(9-13(12)2)10-18-24-25-22(29-18)23-20(26)16-11-15-5-4-6-17(28-3)19(15)30-21(16)27/h4-9,11H,10H2,1-3H3,(H,23,25,26). The van der Waals surface area contributed by atoms with Gasteiger partial charge in [0.1, 0.15) is 5.56 Å². The molecule has 0 aliphatic carbocycles. The second-order valence-electron chi connectivity index (χ2n) is 6.88. The van der Waals surface area contributed by atoms with E-state index in [9.17, 15) is 9.59 Å². The highest BCUT2D eigenvalue weighted by molar-refractivity contribution is 6.04. The number of aromatic nitrogens is 2. The number of nitrogens with zero attached hydrogens (tertiary/aromatic N) is 2. The SMILES string of the molecule is COc1cccc2cc(C(=O)Nc3nnc(Cc4ccc(C)c(C)c4)o3)c(=O)oc12. The molecule has 1 N–H and O–H groups in total. The maximum atomic E-state index is 12.6. The van der Waals surface area contributed by atoms with Crippen LogP contribution in [-0.2, 0) is 6.42 Å². The van der Waals surface area contributed by atoms with Gasteiger partial charge in [-0.1, -0.05) is 35.4 Å². The molecule has 2 heterocycles. The zero-order valence-electron chi connectivity index (χ0n) is 16.7. The van der Waals surface area contributed by atoms with Crippen LogP contribution in [0.3, 0.4) is 0 Å². The Kier molecular flexibility index (Phi) is 5.05. The molecule has 0 spiro atoms. The van der Waals surface area contributed by atoms with Crippen LogP contribution in [-0.4, -0.2) is 23.2 Å². The van der Waals surface area contributed by atoms with Crippen molar-refractivity contribution in [3.63, 3.8) is 0 Å². The molecule has 0 unspecified atom stereocenters. The van der Waals surface area contributed by atoms with Gasteiger partial charge >= 0.3 is 11.6 Å². The van der Waals surface area contributed by atoms with Gasteiger partial charge in [-0.25, -0.2) is 4.79 Å². The number of anilines is 1. The Labute approximate surface area is 171 Å². The monoisotopic (exact) mass is 405 g/mol. The summed E-state index contributed by atoms with van der Waals surface area (Å²) in [5, 5.41) is 10.8. The number of aryl methyl sites for hydroxylation is 2. The predicted molar refractivity (Wildman–Crippen MR) is 110 cm³/mol. The van der Waals surface area contributed by atoms with Crippen LogP contribution in [0.5, 0.6) is 5.75 Å². The lowest BCUT2D eigenvalue weighted by atomic mass is 10.0. The van der Waals surface area contributed by atoms with E-state index >= 15 is 0 Å². The van der Waals surface area contributed by atoms with E-state index in [0.29, 0.717) is 23.4 Å². The van der Waals surface area contributed by atoms with E-state index in [1.165, 1.54) is 24.3 Å². The smallest absolute Gasteiger partial charge is 0.349 e. The van der Waals surface area contributed by atoms with E-state index in [1.807, 2.05) is 32.0 Å². The second kappa shape index (κ2) is 7.82. The summed E-state index contributed by atoms with van der Waals surface area (Å²) >= 11 is 0. The van der Waals surface area contributed by atoms with Crippen LogP contribution in [0.25, 0.3) is 11.0 Å². The van der Waals surface area contributed by atoms with E-state index in [0.717, 1.165) is 5.56 Å². The van der Waals surface area contributed by atoms with Gasteiger partial charge in [-0.3, -0.25) is 10.1 Å². The summed E-state index contributed by atoms with van der Waals surface area (Å²) in [4.78, 5) is 24.8. The Balaban J connectivity index is 1.54. The molecule has 4 rings (SSSR count). The number of rotatable bonds is 5. The van der Waals surface area contributed by atoms with Crippen molar-refractivity contribution in [1.82, 2.24) is 10.2 Å². The molecule has 2 aromatic heterocycles. The zero-order valence-corrected chi connectivity index (χ0v) is 16.7. The summed E-state index contributed by atoms with van der Waals surface area (Å²) in [6.45, 7) is 4.07. The third kappa shape index (κ3) is 3.80. The molecule has 0 radical (unpaired) electrons. The number of amides is 1. The summed E-state index contributed by atoms with van der Waals surface area (Å²) in [5.74, 6) is 0.0585. The lowest BCUT2D eigenvalue weighted by molar-refractivity contribution is 0.102. The molecular weight excluding hydrogens is 386 g/mol. The van der Waals surface area contributed by atoms with E-state index in [4.69, 9.17) is 13.6 Å². The Morgan fingerprint density at radius 2 is 1.90 bits per heavy atom. The maximum absolute atomic E-state index is 12.6. The highest BCUT2D eigenvalue weighted by Gasteiger charge is 2.18. The average molecular weight is 405 g/mol. The summed E-state index contributed by atoms with van der Waals surface area (Å²) in [6.07, 6.45) is 0.432. The van der Waals surface area contributed by atoms with Crippen molar-refractivity contribution >= 4 is 22.9 Å². The molecule has 8 nitrogen and oxygen atoms in total. The minimum absolute atomic E-state index is 0.0935. The first-order valence-corrected chi connectivity index (χ1v) is 9.25. The molecule has 1 amide bonds. The molecule has 0 aliphatic heterocycles. The lowest BCUT2D eigenvalue weighted by Crippen LogP contribution is -2.20. The summed E-state index contributed by atoms with van der Waals surface area (Å²) in [5.41, 5.74) is 2.69. The lowest BCUT2D eigenvalue weighted by Gasteiger charge is -2.05. The minimum atomic E-state index is -0.792. The number of carbonyl (C=O) groups is 1. The molecule has 8 heteroatoms. The first-order chi connectivity index (χ1) is 14.4. The van der Waals surface area contributed by atoms with Crippen LogP contribution in [0.1, 0.15) is 32.9 Å². The Hall–Kier alpha value is -3.94. The van der Waals surface area contributed by atoms with Crippen molar-refractivity contribution < 1.29 is 18.4 Å². The Morgan fingerprint density at radius 1 is 1.07 bits per heavy atom. The number of nitrogens with one attached hydrogen (secondary N) is 1. The van der Waals surface area contributed by atoms with Gasteiger partial charge in [-0.05, 0) is 42.7 Å². The van der Waals surface area contributed by atoms with Crippen molar-refractivity contribution in [3.8, 4) is 5.75 Å². The number of carbonyl (C=O) groups excluding carboxylic acids is 1. The Morgan fingerprint density at radius 3 is 2.67 bits per heavy atom. The second-order valence-corrected chi connectivity index (χ2v) is 6.88. The molecule has 2 aromatic carbocycles. The number of hydrogen-bond acceptors (Lipinski definition) is 7. The number of ether oxygens (including phenoxy) is 1. The first kappa shape index (κ1) is 19.4. The third-order valence-electron chi connectivity index (χ3n) is 4.80. The fraction of sp³-hybridized carbons (Fsp3) is 0.182.